The van der Waals surface area contributed by atoms with Gasteiger partial charge in [-0.2, -0.15) is 5.26 Å². The third-order valence-corrected chi connectivity index (χ3v) is 6.12. The summed E-state index contributed by atoms with van der Waals surface area (Å²) in [7, 11) is -3.65. The molecule has 0 bridgehead atoms. The Labute approximate surface area is 148 Å². The number of aromatic nitrogens is 1. The molecule has 2 atom stereocenters. The van der Waals surface area contributed by atoms with Crippen LogP contribution in [-0.4, -0.2) is 19.4 Å². The van der Waals surface area contributed by atoms with E-state index in [1.54, 1.807) is 36.4 Å². The molecule has 0 radical (unpaired) electrons. The van der Waals surface area contributed by atoms with Crippen molar-refractivity contribution in [3.05, 3.63) is 48.0 Å². The van der Waals surface area contributed by atoms with Gasteiger partial charge in [-0.1, -0.05) is 38.0 Å². The van der Waals surface area contributed by atoms with Crippen LogP contribution in [0.25, 0.3) is 11.3 Å². The zero-order valence-electron chi connectivity index (χ0n) is 14.1. The Bertz CT molecular complexity index is 886. The predicted octanol–water partition coefficient (Wildman–Crippen LogP) is 3.48. The average Bonchev–Trinajstić information content (AvgIpc) is 2.64. The number of nitriles is 1. The Morgan fingerprint density at radius 2 is 1.84 bits per heavy atom. The fourth-order valence-electron chi connectivity index (χ4n) is 3.19. The first-order valence-electron chi connectivity index (χ1n) is 8.49. The number of hydrogen-bond acceptors (Lipinski definition) is 4. The highest BCUT2D eigenvalue weighted by atomic mass is 32.2. The summed E-state index contributed by atoms with van der Waals surface area (Å²) in [6.07, 6.45) is 4.13. The minimum absolute atomic E-state index is 0.0286. The van der Waals surface area contributed by atoms with E-state index in [0.29, 0.717) is 17.2 Å². The van der Waals surface area contributed by atoms with Gasteiger partial charge in [0.15, 0.2) is 5.03 Å². The monoisotopic (exact) mass is 355 g/mol. The summed E-state index contributed by atoms with van der Waals surface area (Å²) in [5, 5.41) is 8.91. The van der Waals surface area contributed by atoms with Crippen molar-refractivity contribution in [2.24, 2.45) is 5.92 Å². The highest BCUT2D eigenvalue weighted by Crippen LogP contribution is 2.25. The number of hydrogen-bond donors (Lipinski definition) is 1. The SMILES string of the molecule is C[C@H]1CCCC[C@@H]1NS(=O)(=O)c1cccc(-c2ccc(C#N)cc2)n1. The van der Waals surface area contributed by atoms with E-state index in [1.165, 1.54) is 6.07 Å². The summed E-state index contributed by atoms with van der Waals surface area (Å²) in [6, 6.07) is 13.9. The molecule has 5 nitrogen and oxygen atoms in total. The molecule has 6 heteroatoms. The van der Waals surface area contributed by atoms with Crippen molar-refractivity contribution < 1.29 is 8.42 Å². The van der Waals surface area contributed by atoms with E-state index in [-0.39, 0.29) is 11.1 Å². The van der Waals surface area contributed by atoms with E-state index >= 15 is 0 Å². The van der Waals surface area contributed by atoms with Crippen LogP contribution in [0.4, 0.5) is 0 Å². The molecular weight excluding hydrogens is 334 g/mol. The van der Waals surface area contributed by atoms with Crippen LogP contribution in [0.1, 0.15) is 38.2 Å². The van der Waals surface area contributed by atoms with Crippen molar-refractivity contribution in [3.8, 4) is 17.3 Å². The van der Waals surface area contributed by atoms with Crippen molar-refractivity contribution >= 4 is 10.0 Å². The van der Waals surface area contributed by atoms with Gasteiger partial charge in [0.05, 0.1) is 17.3 Å². The van der Waals surface area contributed by atoms with Crippen LogP contribution in [0.2, 0.25) is 0 Å². The number of nitrogens with one attached hydrogen (secondary N) is 1. The Hall–Kier alpha value is -2.23. The predicted molar refractivity (Wildman–Crippen MR) is 96.1 cm³/mol. The summed E-state index contributed by atoms with van der Waals surface area (Å²) < 4.78 is 28.3. The molecule has 1 aromatic carbocycles. The van der Waals surface area contributed by atoms with Crippen molar-refractivity contribution in [2.75, 3.05) is 0 Å². The molecule has 0 spiro atoms. The van der Waals surface area contributed by atoms with Gasteiger partial charge in [0.2, 0.25) is 0 Å². The molecule has 0 saturated heterocycles. The maximum absolute atomic E-state index is 12.7. The maximum atomic E-state index is 12.7. The van der Waals surface area contributed by atoms with Crippen molar-refractivity contribution in [2.45, 2.75) is 43.7 Å². The average molecular weight is 355 g/mol. The lowest BCUT2D eigenvalue weighted by Gasteiger charge is -2.29. The lowest BCUT2D eigenvalue weighted by molar-refractivity contribution is 0.310. The largest absolute Gasteiger partial charge is 0.258 e. The Morgan fingerprint density at radius 3 is 2.52 bits per heavy atom. The summed E-state index contributed by atoms with van der Waals surface area (Å²) in [4.78, 5) is 4.33. The van der Waals surface area contributed by atoms with E-state index < -0.39 is 10.0 Å². The van der Waals surface area contributed by atoms with Crippen LogP contribution in [0.15, 0.2) is 47.5 Å². The molecule has 0 unspecified atom stereocenters. The fraction of sp³-hybridized carbons (Fsp3) is 0.368. The van der Waals surface area contributed by atoms with Gasteiger partial charge in [0.25, 0.3) is 10.0 Å². The summed E-state index contributed by atoms with van der Waals surface area (Å²) in [5.74, 6) is 0.338. The number of rotatable bonds is 4. The first-order chi connectivity index (χ1) is 12.0. The minimum Gasteiger partial charge on any atom is -0.235 e. The van der Waals surface area contributed by atoms with E-state index in [0.717, 1.165) is 31.2 Å². The molecular formula is C19H21N3O2S. The first-order valence-corrected chi connectivity index (χ1v) is 9.98. The molecule has 0 aliphatic heterocycles. The molecule has 1 aliphatic rings. The van der Waals surface area contributed by atoms with Gasteiger partial charge < -0.3 is 0 Å². The van der Waals surface area contributed by atoms with Crippen molar-refractivity contribution in [1.29, 1.82) is 5.26 Å². The summed E-state index contributed by atoms with van der Waals surface area (Å²) in [6.45, 7) is 2.09. The molecule has 1 heterocycles. The van der Waals surface area contributed by atoms with Gasteiger partial charge in [-0.3, -0.25) is 0 Å². The van der Waals surface area contributed by atoms with E-state index in [1.807, 2.05) is 0 Å². The topological polar surface area (TPSA) is 82.9 Å². The van der Waals surface area contributed by atoms with Gasteiger partial charge >= 0.3 is 0 Å². The molecule has 1 aromatic heterocycles. The van der Waals surface area contributed by atoms with E-state index in [4.69, 9.17) is 5.26 Å². The number of sulfonamides is 1. The lowest BCUT2D eigenvalue weighted by atomic mass is 9.87. The van der Waals surface area contributed by atoms with Crippen molar-refractivity contribution in [1.82, 2.24) is 9.71 Å². The molecule has 1 aliphatic carbocycles. The Morgan fingerprint density at radius 1 is 1.12 bits per heavy atom. The number of pyridine rings is 1. The van der Waals surface area contributed by atoms with Crippen LogP contribution < -0.4 is 4.72 Å². The molecule has 2 aromatic rings. The molecule has 3 rings (SSSR count). The van der Waals surface area contributed by atoms with E-state index in [9.17, 15) is 8.42 Å². The van der Waals surface area contributed by atoms with Crippen LogP contribution in [0.5, 0.6) is 0 Å². The molecule has 130 valence electrons. The smallest absolute Gasteiger partial charge is 0.235 e. The third-order valence-electron chi connectivity index (χ3n) is 4.73. The molecule has 25 heavy (non-hydrogen) atoms. The summed E-state index contributed by atoms with van der Waals surface area (Å²) >= 11 is 0. The normalized spacial score (nSPS) is 20.8. The van der Waals surface area contributed by atoms with Crippen LogP contribution in [0.3, 0.4) is 0 Å². The van der Waals surface area contributed by atoms with Crippen LogP contribution in [-0.2, 0) is 10.0 Å². The quantitative estimate of drug-likeness (QED) is 0.910. The Balaban J connectivity index is 1.85. The lowest BCUT2D eigenvalue weighted by Crippen LogP contribution is -2.41. The molecule has 1 saturated carbocycles. The van der Waals surface area contributed by atoms with E-state index in [2.05, 4.69) is 22.7 Å². The minimum atomic E-state index is -3.65. The van der Waals surface area contributed by atoms with Crippen LogP contribution >= 0.6 is 0 Å². The number of benzene rings is 1. The highest BCUT2D eigenvalue weighted by molar-refractivity contribution is 7.89. The second-order valence-corrected chi connectivity index (χ2v) is 8.20. The highest BCUT2D eigenvalue weighted by Gasteiger charge is 2.27. The summed E-state index contributed by atoms with van der Waals surface area (Å²) in [5.41, 5.74) is 1.91. The van der Waals surface area contributed by atoms with Gasteiger partial charge in [0.1, 0.15) is 0 Å². The number of nitrogens with zero attached hydrogens (tertiary/aromatic N) is 2. The van der Waals surface area contributed by atoms with Gasteiger partial charge in [-0.15, -0.1) is 0 Å². The van der Waals surface area contributed by atoms with Gasteiger partial charge in [-0.05, 0) is 43.0 Å². The van der Waals surface area contributed by atoms with Gasteiger partial charge in [-0.25, -0.2) is 18.1 Å². The molecule has 0 amide bonds. The van der Waals surface area contributed by atoms with Crippen LogP contribution in [0, 0.1) is 17.2 Å². The Kier molecular flexibility index (Phi) is 5.16. The fourth-order valence-corrected chi connectivity index (χ4v) is 4.54. The second-order valence-electron chi connectivity index (χ2n) is 6.54. The zero-order valence-corrected chi connectivity index (χ0v) is 15.0. The maximum Gasteiger partial charge on any atom is 0.258 e. The molecule has 1 N–H and O–H groups in total. The van der Waals surface area contributed by atoms with Gasteiger partial charge in [0, 0.05) is 11.6 Å². The first kappa shape index (κ1) is 17.6. The zero-order chi connectivity index (χ0) is 17.9. The molecule has 1 fully saturated rings. The standard InChI is InChI=1S/C19H21N3O2S/c1-14-5-2-3-6-17(14)22-25(23,24)19-8-4-7-18(21-19)16-11-9-15(13-20)10-12-16/h4,7-12,14,17,22H,2-3,5-6H2,1H3/t14-,17-/m0/s1. The van der Waals surface area contributed by atoms with Crippen molar-refractivity contribution in [3.63, 3.8) is 0 Å². The second kappa shape index (κ2) is 7.34. The third kappa shape index (κ3) is 4.06.